The highest BCUT2D eigenvalue weighted by molar-refractivity contribution is 5.95. The molecule has 11 heteroatoms. The number of alkyl halides is 3. The van der Waals surface area contributed by atoms with E-state index in [1.54, 1.807) is 19.9 Å². The lowest BCUT2D eigenvalue weighted by Crippen LogP contribution is -2.47. The molecule has 0 atom stereocenters. The molecule has 2 heterocycles. The van der Waals surface area contributed by atoms with Gasteiger partial charge in [-0.1, -0.05) is 12.1 Å². The lowest BCUT2D eigenvalue weighted by molar-refractivity contribution is -0.136. The fourth-order valence-electron chi connectivity index (χ4n) is 4.68. The third-order valence-corrected chi connectivity index (χ3v) is 6.33. The highest BCUT2D eigenvalue weighted by Crippen LogP contribution is 2.44. The summed E-state index contributed by atoms with van der Waals surface area (Å²) in [7, 11) is 1.53. The number of carbonyl (C=O) groups is 1. The number of piperazine rings is 1. The summed E-state index contributed by atoms with van der Waals surface area (Å²) < 4.78 is 65.5. The van der Waals surface area contributed by atoms with Crippen LogP contribution in [0.5, 0.6) is 5.75 Å². The summed E-state index contributed by atoms with van der Waals surface area (Å²) in [5.74, 6) is -2.20. The van der Waals surface area contributed by atoms with E-state index >= 15 is 4.39 Å². The van der Waals surface area contributed by atoms with Crippen LogP contribution >= 0.6 is 0 Å². The van der Waals surface area contributed by atoms with E-state index in [0.29, 0.717) is 18.8 Å². The monoisotopic (exact) mass is 507 g/mol. The Morgan fingerprint density at radius 2 is 1.69 bits per heavy atom. The number of para-hydroxylation sites is 2. The number of aromatic nitrogens is 1. The van der Waals surface area contributed by atoms with Crippen LogP contribution in [0, 0.1) is 5.82 Å². The summed E-state index contributed by atoms with van der Waals surface area (Å²) in [5, 5.41) is 8.77. The maximum absolute atomic E-state index is 15.4. The van der Waals surface area contributed by atoms with Crippen molar-refractivity contribution >= 4 is 28.2 Å². The molecule has 192 valence electrons. The Labute approximate surface area is 204 Å². The second-order valence-corrected chi connectivity index (χ2v) is 8.80. The number of methoxy groups -OCH3 is 1. The van der Waals surface area contributed by atoms with Gasteiger partial charge in [-0.25, -0.2) is 9.18 Å². The molecule has 4 rings (SSSR count). The first kappa shape index (κ1) is 25.3. The Morgan fingerprint density at radius 3 is 2.25 bits per heavy atom. The highest BCUT2D eigenvalue weighted by Gasteiger charge is 2.41. The number of pyridine rings is 1. The first-order valence-corrected chi connectivity index (χ1v) is 11.3. The van der Waals surface area contributed by atoms with Gasteiger partial charge < -0.3 is 24.2 Å². The molecule has 3 aromatic rings. The molecular formula is C25H25F4N3O4. The van der Waals surface area contributed by atoms with Gasteiger partial charge in [0.1, 0.15) is 22.7 Å². The summed E-state index contributed by atoms with van der Waals surface area (Å²) in [6.45, 7) is 3.91. The number of hydrogen-bond donors (Lipinski definition) is 1. The zero-order valence-electron chi connectivity index (χ0n) is 19.9. The summed E-state index contributed by atoms with van der Waals surface area (Å²) in [4.78, 5) is 27.6. The van der Waals surface area contributed by atoms with Crippen LogP contribution in [-0.2, 0) is 6.18 Å². The first-order chi connectivity index (χ1) is 17.0. The maximum Gasteiger partial charge on any atom is 0.420 e. The molecular weight excluding hydrogens is 482 g/mol. The Morgan fingerprint density at radius 1 is 1.08 bits per heavy atom. The summed E-state index contributed by atoms with van der Waals surface area (Å²) in [6, 6.07) is 7.35. The number of halogens is 4. The summed E-state index contributed by atoms with van der Waals surface area (Å²) in [6.07, 6.45) is -4.11. The fourth-order valence-corrected chi connectivity index (χ4v) is 4.68. The molecule has 0 saturated carbocycles. The number of fused-ring (bicyclic) bond motifs is 1. The van der Waals surface area contributed by atoms with E-state index in [1.807, 2.05) is 23.1 Å². The minimum Gasteiger partial charge on any atom is -0.495 e. The number of rotatable bonds is 5. The molecule has 0 spiro atoms. The molecule has 7 nitrogen and oxygen atoms in total. The van der Waals surface area contributed by atoms with E-state index in [-0.39, 0.29) is 13.1 Å². The average Bonchev–Trinajstić information content (AvgIpc) is 2.83. The molecule has 1 aliphatic rings. The van der Waals surface area contributed by atoms with Gasteiger partial charge in [0.15, 0.2) is 0 Å². The second-order valence-electron chi connectivity index (χ2n) is 8.80. The van der Waals surface area contributed by atoms with Gasteiger partial charge in [-0.3, -0.25) is 4.79 Å². The van der Waals surface area contributed by atoms with E-state index in [2.05, 4.69) is 0 Å². The summed E-state index contributed by atoms with van der Waals surface area (Å²) in [5.41, 5.74) is -3.56. The smallest absolute Gasteiger partial charge is 0.420 e. The number of anilines is 2. The van der Waals surface area contributed by atoms with Gasteiger partial charge in [0.25, 0.3) is 0 Å². The topological polar surface area (TPSA) is 75.0 Å². The molecule has 0 unspecified atom stereocenters. The van der Waals surface area contributed by atoms with Crippen molar-refractivity contribution in [1.29, 1.82) is 0 Å². The van der Waals surface area contributed by atoms with Crippen molar-refractivity contribution in [3.8, 4) is 5.75 Å². The fraction of sp³-hybridized carbons (Fsp3) is 0.360. The Bertz CT molecular complexity index is 1380. The van der Waals surface area contributed by atoms with E-state index in [0.717, 1.165) is 22.5 Å². The van der Waals surface area contributed by atoms with Crippen molar-refractivity contribution in [1.82, 2.24) is 4.57 Å². The normalized spacial score (nSPS) is 14.6. The van der Waals surface area contributed by atoms with E-state index < -0.39 is 57.2 Å². The molecule has 1 fully saturated rings. The second kappa shape index (κ2) is 9.36. The van der Waals surface area contributed by atoms with Crippen LogP contribution < -0.4 is 20.0 Å². The number of hydrogen-bond acceptors (Lipinski definition) is 5. The molecule has 1 saturated heterocycles. The largest absolute Gasteiger partial charge is 0.495 e. The number of aromatic carboxylic acids is 1. The SMILES string of the molecule is COc1ccccc1N1CCN(c2c(F)cc3c(=O)c(C(=O)O)cn(C(C)C)c3c2C(F)(F)F)CC1. The van der Waals surface area contributed by atoms with Gasteiger partial charge in [-0.15, -0.1) is 0 Å². The van der Waals surface area contributed by atoms with Crippen molar-refractivity contribution in [3.63, 3.8) is 0 Å². The molecule has 1 N–H and O–H groups in total. The number of carboxylic acid groups (broad SMARTS) is 1. The number of benzene rings is 2. The molecule has 0 aliphatic carbocycles. The molecule has 1 aliphatic heterocycles. The summed E-state index contributed by atoms with van der Waals surface area (Å²) >= 11 is 0. The van der Waals surface area contributed by atoms with E-state index in [4.69, 9.17) is 4.74 Å². The van der Waals surface area contributed by atoms with Gasteiger partial charge in [0.2, 0.25) is 5.43 Å². The van der Waals surface area contributed by atoms with Crippen LogP contribution in [0.2, 0.25) is 0 Å². The van der Waals surface area contributed by atoms with Crippen LogP contribution in [0.15, 0.2) is 41.3 Å². The molecule has 0 radical (unpaired) electrons. The molecule has 0 bridgehead atoms. The Kier molecular flexibility index (Phi) is 6.59. The minimum atomic E-state index is -5.01. The third-order valence-electron chi connectivity index (χ3n) is 6.33. The molecule has 36 heavy (non-hydrogen) atoms. The van der Waals surface area contributed by atoms with Crippen molar-refractivity contribution in [3.05, 3.63) is 63.7 Å². The van der Waals surface area contributed by atoms with Gasteiger partial charge >= 0.3 is 12.1 Å². The predicted molar refractivity (Wildman–Crippen MR) is 128 cm³/mol. The number of nitrogens with zero attached hydrogens (tertiary/aromatic N) is 3. The molecule has 2 aromatic carbocycles. The molecule has 1 aromatic heterocycles. The van der Waals surface area contributed by atoms with Gasteiger partial charge in [0.05, 0.1) is 29.4 Å². The average molecular weight is 507 g/mol. The van der Waals surface area contributed by atoms with Crippen molar-refractivity contribution in [2.45, 2.75) is 26.1 Å². The standard InChI is InChI=1S/C25H25F4N3O4/c1-14(2)32-13-16(24(34)35)23(33)15-12-17(26)22(20(21(15)32)25(27,28)29)31-10-8-30(9-11-31)18-6-4-5-7-19(18)36-3/h4-7,12-14H,8-11H2,1-3H3,(H,34,35). The highest BCUT2D eigenvalue weighted by atomic mass is 19.4. The lowest BCUT2D eigenvalue weighted by Gasteiger charge is -2.39. The van der Waals surface area contributed by atoms with Gasteiger partial charge in [-0.05, 0) is 32.0 Å². The number of carboxylic acids is 1. The van der Waals surface area contributed by atoms with E-state index in [1.165, 1.54) is 12.0 Å². The van der Waals surface area contributed by atoms with Gasteiger partial charge in [0, 0.05) is 38.4 Å². The van der Waals surface area contributed by atoms with Crippen LogP contribution in [-0.4, -0.2) is 48.9 Å². The van der Waals surface area contributed by atoms with Crippen molar-refractivity contribution in [2.24, 2.45) is 0 Å². The zero-order chi connectivity index (χ0) is 26.4. The third kappa shape index (κ3) is 4.33. The Balaban J connectivity index is 1.87. The first-order valence-electron chi connectivity index (χ1n) is 11.3. The lowest BCUT2D eigenvalue weighted by atomic mass is 10.0. The van der Waals surface area contributed by atoms with Crippen molar-refractivity contribution < 1.29 is 32.2 Å². The van der Waals surface area contributed by atoms with Crippen molar-refractivity contribution in [2.75, 3.05) is 43.1 Å². The molecule has 0 amide bonds. The number of ether oxygens (including phenoxy) is 1. The quantitative estimate of drug-likeness (QED) is 0.502. The van der Waals surface area contributed by atoms with Gasteiger partial charge in [-0.2, -0.15) is 13.2 Å². The van der Waals surface area contributed by atoms with Crippen LogP contribution in [0.4, 0.5) is 28.9 Å². The predicted octanol–water partition coefficient (Wildman–Crippen LogP) is 4.77. The van der Waals surface area contributed by atoms with Crippen LogP contribution in [0.3, 0.4) is 0 Å². The van der Waals surface area contributed by atoms with Crippen LogP contribution in [0.25, 0.3) is 10.9 Å². The zero-order valence-corrected chi connectivity index (χ0v) is 19.9. The maximum atomic E-state index is 15.4. The Hall–Kier alpha value is -3.76. The van der Waals surface area contributed by atoms with E-state index in [9.17, 15) is 27.9 Å². The minimum absolute atomic E-state index is 0.0860. The van der Waals surface area contributed by atoms with Crippen LogP contribution in [0.1, 0.15) is 35.8 Å².